The molecule has 0 atom stereocenters. The molecule has 0 saturated heterocycles. The highest BCUT2D eigenvalue weighted by molar-refractivity contribution is 5.60. The Morgan fingerprint density at radius 3 is 2.84 bits per heavy atom. The number of rotatable bonds is 5. The van der Waals surface area contributed by atoms with Crippen LogP contribution in [0.25, 0.3) is 0 Å². The fourth-order valence-corrected chi connectivity index (χ4v) is 1.54. The molecule has 19 heavy (non-hydrogen) atoms. The van der Waals surface area contributed by atoms with E-state index in [0.29, 0.717) is 30.3 Å². The SMILES string of the molecule is N#Cc1cccc(Nc2cc(NCCN)ncn2)c1. The summed E-state index contributed by atoms with van der Waals surface area (Å²) in [6, 6.07) is 11.1. The molecule has 4 N–H and O–H groups in total. The molecule has 2 aromatic rings. The predicted octanol–water partition coefficient (Wildman–Crippen LogP) is 1.46. The second-order valence-electron chi connectivity index (χ2n) is 3.82. The fourth-order valence-electron chi connectivity index (χ4n) is 1.54. The van der Waals surface area contributed by atoms with Crippen molar-refractivity contribution in [1.29, 1.82) is 5.26 Å². The van der Waals surface area contributed by atoms with Gasteiger partial charge in [0.05, 0.1) is 11.6 Å². The van der Waals surface area contributed by atoms with Crippen molar-refractivity contribution in [2.45, 2.75) is 0 Å². The highest BCUT2D eigenvalue weighted by Gasteiger charge is 2.00. The Bertz CT molecular complexity index is 590. The average molecular weight is 254 g/mol. The average Bonchev–Trinajstić information content (AvgIpc) is 2.46. The first-order valence-corrected chi connectivity index (χ1v) is 5.85. The number of nitriles is 1. The molecule has 0 spiro atoms. The fraction of sp³-hybridized carbons (Fsp3) is 0.154. The maximum absolute atomic E-state index is 8.84. The Labute approximate surface area is 111 Å². The lowest BCUT2D eigenvalue weighted by atomic mass is 10.2. The summed E-state index contributed by atoms with van der Waals surface area (Å²) in [5.74, 6) is 1.36. The summed E-state index contributed by atoms with van der Waals surface area (Å²) < 4.78 is 0. The van der Waals surface area contributed by atoms with Gasteiger partial charge in [-0.1, -0.05) is 6.07 Å². The zero-order chi connectivity index (χ0) is 13.5. The zero-order valence-corrected chi connectivity index (χ0v) is 10.3. The van der Waals surface area contributed by atoms with Crippen LogP contribution in [-0.2, 0) is 0 Å². The van der Waals surface area contributed by atoms with Gasteiger partial charge in [-0.25, -0.2) is 9.97 Å². The van der Waals surface area contributed by atoms with Crippen molar-refractivity contribution in [3.63, 3.8) is 0 Å². The minimum atomic E-state index is 0.539. The molecule has 6 heteroatoms. The van der Waals surface area contributed by atoms with E-state index < -0.39 is 0 Å². The first-order chi connectivity index (χ1) is 9.31. The van der Waals surface area contributed by atoms with Gasteiger partial charge in [-0.05, 0) is 18.2 Å². The summed E-state index contributed by atoms with van der Waals surface area (Å²) >= 11 is 0. The van der Waals surface area contributed by atoms with Gasteiger partial charge >= 0.3 is 0 Å². The number of benzene rings is 1. The molecule has 0 fully saturated rings. The smallest absolute Gasteiger partial charge is 0.135 e. The first-order valence-electron chi connectivity index (χ1n) is 5.85. The van der Waals surface area contributed by atoms with Crippen LogP contribution in [0.15, 0.2) is 36.7 Å². The van der Waals surface area contributed by atoms with Crippen molar-refractivity contribution in [2.75, 3.05) is 23.7 Å². The molecule has 0 amide bonds. The van der Waals surface area contributed by atoms with Crippen molar-refractivity contribution < 1.29 is 0 Å². The van der Waals surface area contributed by atoms with Crippen LogP contribution in [0.2, 0.25) is 0 Å². The van der Waals surface area contributed by atoms with Crippen LogP contribution < -0.4 is 16.4 Å². The van der Waals surface area contributed by atoms with E-state index >= 15 is 0 Å². The molecule has 0 saturated carbocycles. The molecule has 0 radical (unpaired) electrons. The van der Waals surface area contributed by atoms with Gasteiger partial charge in [0.25, 0.3) is 0 Å². The molecule has 0 aliphatic carbocycles. The molecule has 2 rings (SSSR count). The Morgan fingerprint density at radius 2 is 2.05 bits per heavy atom. The summed E-state index contributed by atoms with van der Waals surface area (Å²) in [5, 5.41) is 15.0. The van der Waals surface area contributed by atoms with Gasteiger partial charge in [-0.3, -0.25) is 0 Å². The highest BCUT2D eigenvalue weighted by atomic mass is 15.1. The van der Waals surface area contributed by atoms with Crippen LogP contribution in [0, 0.1) is 11.3 Å². The van der Waals surface area contributed by atoms with Crippen LogP contribution in [0.4, 0.5) is 17.3 Å². The van der Waals surface area contributed by atoms with Crippen LogP contribution in [0.3, 0.4) is 0 Å². The van der Waals surface area contributed by atoms with Gasteiger partial charge in [-0.2, -0.15) is 5.26 Å². The number of anilines is 3. The summed E-state index contributed by atoms with van der Waals surface area (Å²) in [7, 11) is 0. The Kier molecular flexibility index (Phi) is 4.26. The summed E-state index contributed by atoms with van der Waals surface area (Å²) in [6.45, 7) is 1.19. The third-order valence-electron chi connectivity index (χ3n) is 2.38. The second-order valence-corrected chi connectivity index (χ2v) is 3.82. The number of nitrogens with two attached hydrogens (primary N) is 1. The molecular weight excluding hydrogens is 240 g/mol. The van der Waals surface area contributed by atoms with Gasteiger partial charge < -0.3 is 16.4 Å². The molecule has 0 unspecified atom stereocenters. The monoisotopic (exact) mass is 254 g/mol. The maximum Gasteiger partial charge on any atom is 0.135 e. The van der Waals surface area contributed by atoms with E-state index in [1.807, 2.05) is 12.1 Å². The van der Waals surface area contributed by atoms with E-state index in [9.17, 15) is 0 Å². The van der Waals surface area contributed by atoms with Crippen molar-refractivity contribution in [1.82, 2.24) is 9.97 Å². The van der Waals surface area contributed by atoms with Gasteiger partial charge in [0, 0.05) is 24.8 Å². The maximum atomic E-state index is 8.84. The van der Waals surface area contributed by atoms with Crippen LogP contribution in [-0.4, -0.2) is 23.1 Å². The van der Waals surface area contributed by atoms with Gasteiger partial charge in [0.15, 0.2) is 0 Å². The zero-order valence-electron chi connectivity index (χ0n) is 10.3. The highest BCUT2D eigenvalue weighted by Crippen LogP contribution is 2.17. The van der Waals surface area contributed by atoms with E-state index in [1.54, 1.807) is 18.2 Å². The summed E-state index contributed by atoms with van der Waals surface area (Å²) in [4.78, 5) is 8.20. The van der Waals surface area contributed by atoms with Gasteiger partial charge in [0.1, 0.15) is 18.0 Å². The minimum Gasteiger partial charge on any atom is -0.369 e. The molecule has 6 nitrogen and oxygen atoms in total. The van der Waals surface area contributed by atoms with E-state index in [-0.39, 0.29) is 0 Å². The molecule has 0 bridgehead atoms. The van der Waals surface area contributed by atoms with E-state index in [0.717, 1.165) is 5.69 Å². The predicted molar refractivity (Wildman–Crippen MR) is 74.0 cm³/mol. The van der Waals surface area contributed by atoms with E-state index in [2.05, 4.69) is 26.7 Å². The molecule has 96 valence electrons. The summed E-state index contributed by atoms with van der Waals surface area (Å²) in [5.41, 5.74) is 6.82. The van der Waals surface area contributed by atoms with Gasteiger partial charge in [-0.15, -0.1) is 0 Å². The van der Waals surface area contributed by atoms with Crippen LogP contribution >= 0.6 is 0 Å². The largest absolute Gasteiger partial charge is 0.369 e. The Hall–Kier alpha value is -2.65. The standard InChI is InChI=1S/C13H14N6/c14-4-5-16-12-7-13(18-9-17-12)19-11-3-1-2-10(6-11)8-15/h1-3,6-7,9H,4-5,14H2,(H2,16,17,18,19). The van der Waals surface area contributed by atoms with E-state index in [4.69, 9.17) is 11.0 Å². The third-order valence-corrected chi connectivity index (χ3v) is 2.38. The number of aromatic nitrogens is 2. The van der Waals surface area contributed by atoms with Crippen LogP contribution in [0.1, 0.15) is 5.56 Å². The number of nitrogens with one attached hydrogen (secondary N) is 2. The summed E-state index contributed by atoms with van der Waals surface area (Å²) in [6.07, 6.45) is 1.47. The molecule has 1 aromatic heterocycles. The Balaban J connectivity index is 2.12. The lowest BCUT2D eigenvalue weighted by Crippen LogP contribution is -2.14. The number of nitrogens with zero attached hydrogens (tertiary/aromatic N) is 3. The number of hydrogen-bond acceptors (Lipinski definition) is 6. The van der Waals surface area contributed by atoms with Crippen molar-refractivity contribution >= 4 is 17.3 Å². The lowest BCUT2D eigenvalue weighted by Gasteiger charge is -2.08. The first kappa shape index (κ1) is 12.8. The van der Waals surface area contributed by atoms with Crippen molar-refractivity contribution in [2.24, 2.45) is 5.73 Å². The number of hydrogen-bond donors (Lipinski definition) is 3. The second kappa shape index (κ2) is 6.33. The molecule has 0 aliphatic heterocycles. The Morgan fingerprint density at radius 1 is 1.21 bits per heavy atom. The van der Waals surface area contributed by atoms with Crippen molar-refractivity contribution in [3.05, 3.63) is 42.2 Å². The molecule has 0 aliphatic rings. The normalized spacial score (nSPS) is 9.68. The minimum absolute atomic E-state index is 0.539. The molecule has 1 heterocycles. The van der Waals surface area contributed by atoms with E-state index in [1.165, 1.54) is 6.33 Å². The third kappa shape index (κ3) is 3.66. The quantitative estimate of drug-likeness (QED) is 0.747. The lowest BCUT2D eigenvalue weighted by molar-refractivity contribution is 1.00. The molecule has 1 aromatic carbocycles. The van der Waals surface area contributed by atoms with Crippen LogP contribution in [0.5, 0.6) is 0 Å². The van der Waals surface area contributed by atoms with Gasteiger partial charge in [0.2, 0.25) is 0 Å². The molecular formula is C13H14N6. The topological polar surface area (TPSA) is 99.7 Å². The van der Waals surface area contributed by atoms with Crippen molar-refractivity contribution in [3.8, 4) is 6.07 Å².